The lowest BCUT2D eigenvalue weighted by atomic mass is 10.1. The first-order valence-electron chi connectivity index (χ1n) is 11.1. The summed E-state index contributed by atoms with van der Waals surface area (Å²) in [4.78, 5) is 21.0. The summed E-state index contributed by atoms with van der Waals surface area (Å²) in [6.07, 6.45) is 6.67. The average molecular weight is 529 g/mol. The van der Waals surface area contributed by atoms with Crippen molar-refractivity contribution in [1.82, 2.24) is 39.7 Å². The molecule has 4 aromatic rings. The first-order valence-corrected chi connectivity index (χ1v) is 13.1. The maximum Gasteiger partial charge on any atom is 0.183 e. The molecule has 0 aliphatic rings. The molecule has 11 nitrogen and oxygen atoms in total. The predicted octanol–water partition coefficient (Wildman–Crippen LogP) is 3.18. The predicted molar refractivity (Wildman–Crippen MR) is 133 cm³/mol. The van der Waals surface area contributed by atoms with Crippen LogP contribution >= 0.6 is 11.6 Å². The molecule has 188 valence electrons. The van der Waals surface area contributed by atoms with E-state index in [1.165, 1.54) is 25.8 Å². The van der Waals surface area contributed by atoms with Gasteiger partial charge in [-0.05, 0) is 32.9 Å². The first-order chi connectivity index (χ1) is 17.2. The van der Waals surface area contributed by atoms with E-state index in [-0.39, 0.29) is 17.7 Å². The minimum Gasteiger partial charge on any atom is -0.372 e. The quantitative estimate of drug-likeness (QED) is 0.318. The van der Waals surface area contributed by atoms with E-state index in [0.29, 0.717) is 16.5 Å². The monoisotopic (exact) mass is 528 g/mol. The second-order valence-electron chi connectivity index (χ2n) is 8.25. The van der Waals surface area contributed by atoms with Crippen LogP contribution in [0.3, 0.4) is 0 Å². The second kappa shape index (κ2) is 10.7. The largest absolute Gasteiger partial charge is 0.372 e. The normalized spacial score (nSPS) is 14.4. The number of aromatic nitrogens is 8. The van der Waals surface area contributed by atoms with Gasteiger partial charge in [0.1, 0.15) is 29.7 Å². The Morgan fingerprint density at radius 2 is 1.75 bits per heavy atom. The highest BCUT2D eigenvalue weighted by atomic mass is 35.5. The maximum atomic E-state index is 13.6. The summed E-state index contributed by atoms with van der Waals surface area (Å²) in [5.74, 6) is 0.526. The van der Waals surface area contributed by atoms with Gasteiger partial charge in [-0.3, -0.25) is 0 Å². The van der Waals surface area contributed by atoms with Crippen molar-refractivity contribution in [2.75, 3.05) is 7.11 Å². The highest BCUT2D eigenvalue weighted by Gasteiger charge is 2.35. The van der Waals surface area contributed by atoms with Crippen molar-refractivity contribution < 1.29 is 13.2 Å². The molecule has 4 heterocycles. The molecule has 0 spiro atoms. The van der Waals surface area contributed by atoms with Crippen molar-refractivity contribution in [3.8, 4) is 11.5 Å². The third kappa shape index (κ3) is 5.40. The molecule has 0 radical (unpaired) electrons. The van der Waals surface area contributed by atoms with Gasteiger partial charge in [-0.2, -0.15) is 0 Å². The van der Waals surface area contributed by atoms with Gasteiger partial charge in [-0.1, -0.05) is 17.7 Å². The topological polar surface area (TPSA) is 139 Å². The number of hydrogen-bond acceptors (Lipinski definition) is 10. The van der Waals surface area contributed by atoms with Crippen LogP contribution in [0.5, 0.6) is 0 Å². The molecule has 0 saturated carbocycles. The average Bonchev–Trinajstić information content (AvgIpc) is 3.28. The number of sulfone groups is 1. The lowest BCUT2D eigenvalue weighted by molar-refractivity contribution is 0.0948. The van der Waals surface area contributed by atoms with E-state index in [2.05, 4.69) is 35.1 Å². The smallest absolute Gasteiger partial charge is 0.183 e. The number of halogens is 1. The molecule has 0 aromatic carbocycles. The van der Waals surface area contributed by atoms with E-state index < -0.39 is 26.9 Å². The van der Waals surface area contributed by atoms with Gasteiger partial charge in [0.15, 0.2) is 21.5 Å². The van der Waals surface area contributed by atoms with Gasteiger partial charge in [-0.15, -0.1) is 10.2 Å². The van der Waals surface area contributed by atoms with Gasteiger partial charge in [0, 0.05) is 43.2 Å². The Labute approximate surface area is 213 Å². The number of nitrogens with zero attached hydrogens (tertiary/aromatic N) is 8. The molecule has 3 atom stereocenters. The summed E-state index contributed by atoms with van der Waals surface area (Å²) in [5.41, 5.74) is 2.14. The van der Waals surface area contributed by atoms with Crippen LogP contribution < -0.4 is 0 Å². The molecular formula is C23H25ClN8O3S. The van der Waals surface area contributed by atoms with E-state index in [0.717, 1.165) is 11.3 Å². The number of rotatable bonds is 9. The van der Waals surface area contributed by atoms with Crippen LogP contribution in [0.15, 0.2) is 49.3 Å². The van der Waals surface area contributed by atoms with Gasteiger partial charge in [0.05, 0.1) is 16.3 Å². The van der Waals surface area contributed by atoms with Gasteiger partial charge in [0.2, 0.25) is 0 Å². The number of methoxy groups -OCH3 is 1. The molecule has 0 amide bonds. The highest BCUT2D eigenvalue weighted by molar-refractivity contribution is 7.91. The Morgan fingerprint density at radius 1 is 1.06 bits per heavy atom. The molecule has 4 rings (SSSR count). The van der Waals surface area contributed by atoms with Crippen LogP contribution in [0.2, 0.25) is 5.02 Å². The number of aryl methyl sites for hydroxylation is 1. The molecule has 0 aliphatic heterocycles. The minimum absolute atomic E-state index is 0.221. The summed E-state index contributed by atoms with van der Waals surface area (Å²) >= 11 is 5.88. The van der Waals surface area contributed by atoms with Crippen molar-refractivity contribution in [2.24, 2.45) is 0 Å². The van der Waals surface area contributed by atoms with Crippen LogP contribution in [0.25, 0.3) is 11.5 Å². The molecular weight excluding hydrogens is 504 g/mol. The van der Waals surface area contributed by atoms with Gasteiger partial charge < -0.3 is 9.30 Å². The maximum absolute atomic E-state index is 13.6. The van der Waals surface area contributed by atoms with Gasteiger partial charge in [0.25, 0.3) is 0 Å². The lowest BCUT2D eigenvalue weighted by Gasteiger charge is -2.22. The van der Waals surface area contributed by atoms with Crippen LogP contribution in [0, 0.1) is 6.92 Å². The summed E-state index contributed by atoms with van der Waals surface area (Å²) in [6, 6.07) is 5.18. The Bertz CT molecular complexity index is 1430. The van der Waals surface area contributed by atoms with Crippen LogP contribution in [-0.2, 0) is 20.3 Å². The van der Waals surface area contributed by atoms with Gasteiger partial charge in [-0.25, -0.2) is 33.3 Å². The number of hydrogen-bond donors (Lipinski definition) is 0. The molecule has 0 saturated heterocycles. The molecule has 4 aromatic heterocycles. The van der Waals surface area contributed by atoms with Crippen molar-refractivity contribution in [3.63, 3.8) is 0 Å². The zero-order valence-corrected chi connectivity index (χ0v) is 21.7. The summed E-state index contributed by atoms with van der Waals surface area (Å²) in [6.45, 7) is 5.33. The molecule has 13 heteroatoms. The third-order valence-electron chi connectivity index (χ3n) is 5.81. The van der Waals surface area contributed by atoms with E-state index in [1.807, 2.05) is 32.0 Å². The molecule has 0 unspecified atom stereocenters. The molecule has 0 fully saturated rings. The lowest BCUT2D eigenvalue weighted by Crippen LogP contribution is -2.30. The van der Waals surface area contributed by atoms with Crippen LogP contribution in [0.1, 0.15) is 48.9 Å². The van der Waals surface area contributed by atoms with Crippen molar-refractivity contribution in [3.05, 3.63) is 77.2 Å². The van der Waals surface area contributed by atoms with Crippen molar-refractivity contribution in [1.29, 1.82) is 0 Å². The van der Waals surface area contributed by atoms with Crippen molar-refractivity contribution >= 4 is 21.4 Å². The van der Waals surface area contributed by atoms with E-state index >= 15 is 0 Å². The van der Waals surface area contributed by atoms with Gasteiger partial charge >= 0.3 is 0 Å². The van der Waals surface area contributed by atoms with E-state index in [4.69, 9.17) is 16.3 Å². The zero-order valence-electron chi connectivity index (χ0n) is 20.1. The van der Waals surface area contributed by atoms with Crippen LogP contribution in [0.4, 0.5) is 0 Å². The molecule has 0 aliphatic carbocycles. The Kier molecular flexibility index (Phi) is 7.67. The Morgan fingerprint density at radius 3 is 2.39 bits per heavy atom. The summed E-state index contributed by atoms with van der Waals surface area (Å²) in [5, 5.41) is 7.95. The number of pyridine rings is 1. The zero-order chi connectivity index (χ0) is 25.9. The Hall–Kier alpha value is -3.35. The standard InChI is InChI=1S/C23H25ClN8O3S/c1-14-6-5-7-19(29-14)23-31-30-20(32(23)15(2)17-8-25-13-26-9-17)12-36(33,34)16(3)21(35-4)22-27-10-18(24)11-28-22/h5-11,13,15-16,21H,12H2,1-4H3/t15-,16-,21-/m0/s1. The molecule has 0 bridgehead atoms. The SMILES string of the molecule is CO[C@H](c1ncc(Cl)cn1)[C@H](C)S(=O)(=O)Cc1nnc(-c2cccc(C)n2)n1[C@@H](C)c1cncnc1. The minimum atomic E-state index is -3.81. The van der Waals surface area contributed by atoms with Crippen LogP contribution in [-0.4, -0.2) is 60.5 Å². The van der Waals surface area contributed by atoms with Crippen molar-refractivity contribution in [2.45, 2.75) is 43.9 Å². The fourth-order valence-corrected chi connectivity index (χ4v) is 5.35. The fourth-order valence-electron chi connectivity index (χ4n) is 3.82. The summed E-state index contributed by atoms with van der Waals surface area (Å²) in [7, 11) is -2.40. The Balaban J connectivity index is 1.74. The second-order valence-corrected chi connectivity index (χ2v) is 11.0. The fraction of sp³-hybridized carbons (Fsp3) is 0.348. The highest BCUT2D eigenvalue weighted by Crippen LogP contribution is 2.29. The third-order valence-corrected chi connectivity index (χ3v) is 8.04. The van der Waals surface area contributed by atoms with E-state index in [9.17, 15) is 8.42 Å². The first kappa shape index (κ1) is 25.7. The summed E-state index contributed by atoms with van der Waals surface area (Å²) < 4.78 is 34.4. The van der Waals surface area contributed by atoms with E-state index in [1.54, 1.807) is 23.9 Å². The molecule has 0 N–H and O–H groups in total. The number of ether oxygens (including phenoxy) is 1. The molecule has 36 heavy (non-hydrogen) atoms.